The van der Waals surface area contributed by atoms with Crippen molar-refractivity contribution in [2.24, 2.45) is 0 Å². The number of hydrogen-bond acceptors (Lipinski definition) is 6. The number of rotatable bonds is 8. The zero-order valence-corrected chi connectivity index (χ0v) is 16.6. The van der Waals surface area contributed by atoms with Crippen molar-refractivity contribution in [3.8, 4) is 11.5 Å². The van der Waals surface area contributed by atoms with Crippen molar-refractivity contribution in [1.29, 1.82) is 0 Å². The fourth-order valence-electron chi connectivity index (χ4n) is 3.28. The van der Waals surface area contributed by atoms with Crippen molar-refractivity contribution in [3.05, 3.63) is 59.7 Å². The Morgan fingerprint density at radius 1 is 0.929 bits per heavy atom. The van der Waals surface area contributed by atoms with E-state index in [2.05, 4.69) is 21.9 Å². The molecule has 0 N–H and O–H groups in total. The maximum Gasteiger partial charge on any atom is 0.337 e. The Kier molecular flexibility index (Phi) is 7.28. The second-order valence-electron chi connectivity index (χ2n) is 6.83. The van der Waals surface area contributed by atoms with Gasteiger partial charge in [-0.25, -0.2) is 4.79 Å². The summed E-state index contributed by atoms with van der Waals surface area (Å²) in [5.74, 6) is 1.24. The molecule has 0 aliphatic carbocycles. The predicted molar refractivity (Wildman–Crippen MR) is 108 cm³/mol. The van der Waals surface area contributed by atoms with Crippen LogP contribution in [0.25, 0.3) is 0 Å². The molecule has 2 aromatic rings. The molecule has 1 aliphatic rings. The highest BCUT2D eigenvalue weighted by molar-refractivity contribution is 5.89. The number of carbonyl (C=O) groups excluding carboxylic acids is 1. The average Bonchev–Trinajstić information content (AvgIpc) is 2.75. The molecule has 6 heteroatoms. The van der Waals surface area contributed by atoms with Gasteiger partial charge in [-0.2, -0.15) is 0 Å². The highest BCUT2D eigenvalue weighted by Gasteiger charge is 2.17. The van der Waals surface area contributed by atoms with E-state index in [0.29, 0.717) is 17.9 Å². The average molecular weight is 384 g/mol. The number of hydrogen-bond donors (Lipinski definition) is 0. The number of carbonyl (C=O) groups is 1. The van der Waals surface area contributed by atoms with E-state index in [9.17, 15) is 4.79 Å². The summed E-state index contributed by atoms with van der Waals surface area (Å²) < 4.78 is 15.8. The highest BCUT2D eigenvalue weighted by atomic mass is 16.5. The first-order valence-corrected chi connectivity index (χ1v) is 9.57. The zero-order valence-electron chi connectivity index (χ0n) is 16.6. The number of methoxy groups -OCH3 is 2. The lowest BCUT2D eigenvalue weighted by atomic mass is 10.2. The van der Waals surface area contributed by atoms with E-state index in [1.54, 1.807) is 25.3 Å². The third-order valence-electron chi connectivity index (χ3n) is 4.96. The smallest absolute Gasteiger partial charge is 0.337 e. The van der Waals surface area contributed by atoms with Crippen LogP contribution in [0.3, 0.4) is 0 Å². The summed E-state index contributed by atoms with van der Waals surface area (Å²) in [7, 11) is 3.07. The Morgan fingerprint density at radius 2 is 1.64 bits per heavy atom. The summed E-state index contributed by atoms with van der Waals surface area (Å²) in [5.41, 5.74) is 1.82. The van der Waals surface area contributed by atoms with Crippen LogP contribution in [-0.2, 0) is 11.3 Å². The first-order chi connectivity index (χ1) is 13.7. The van der Waals surface area contributed by atoms with E-state index in [1.165, 1.54) is 12.7 Å². The van der Waals surface area contributed by atoms with Crippen LogP contribution in [0.15, 0.2) is 48.5 Å². The Hall–Kier alpha value is -2.57. The topological polar surface area (TPSA) is 51.2 Å². The molecular weight excluding hydrogens is 356 g/mol. The van der Waals surface area contributed by atoms with Crippen LogP contribution in [0.2, 0.25) is 0 Å². The van der Waals surface area contributed by atoms with Gasteiger partial charge in [-0.05, 0) is 35.9 Å². The summed E-state index contributed by atoms with van der Waals surface area (Å²) in [6.45, 7) is 6.59. The summed E-state index contributed by atoms with van der Waals surface area (Å²) in [5, 5.41) is 0. The molecule has 1 fully saturated rings. The number of nitrogens with zero attached hydrogens (tertiary/aromatic N) is 2. The molecule has 0 bridgehead atoms. The molecule has 150 valence electrons. The standard InChI is InChI=1S/C22H28N2O4/c1-26-20-8-6-18(7-9-20)17-24-12-10-23(11-13-24)14-15-28-21-5-3-4-19(16-21)22(25)27-2/h3-9,16H,10-15,17H2,1-2H3. The first kappa shape index (κ1) is 20.2. The zero-order chi connectivity index (χ0) is 19.8. The van der Waals surface area contributed by atoms with Gasteiger partial charge in [0.2, 0.25) is 0 Å². The van der Waals surface area contributed by atoms with Gasteiger partial charge in [0.25, 0.3) is 0 Å². The van der Waals surface area contributed by atoms with Gasteiger partial charge in [0.1, 0.15) is 18.1 Å². The van der Waals surface area contributed by atoms with Crippen LogP contribution >= 0.6 is 0 Å². The third kappa shape index (κ3) is 5.71. The molecule has 0 saturated carbocycles. The minimum absolute atomic E-state index is 0.349. The number of benzene rings is 2. The van der Waals surface area contributed by atoms with Gasteiger partial charge in [-0.1, -0.05) is 18.2 Å². The molecule has 0 aromatic heterocycles. The minimum atomic E-state index is -0.349. The fraction of sp³-hybridized carbons (Fsp3) is 0.409. The van der Waals surface area contributed by atoms with E-state index in [-0.39, 0.29) is 5.97 Å². The second kappa shape index (κ2) is 10.1. The molecule has 1 saturated heterocycles. The van der Waals surface area contributed by atoms with E-state index in [4.69, 9.17) is 14.2 Å². The van der Waals surface area contributed by atoms with Crippen LogP contribution in [0.1, 0.15) is 15.9 Å². The second-order valence-corrected chi connectivity index (χ2v) is 6.83. The SMILES string of the molecule is COC(=O)c1cccc(OCCN2CCN(Cc3ccc(OC)cc3)CC2)c1. The monoisotopic (exact) mass is 384 g/mol. The van der Waals surface area contributed by atoms with Crippen molar-refractivity contribution >= 4 is 5.97 Å². The summed E-state index contributed by atoms with van der Waals surface area (Å²) >= 11 is 0. The number of esters is 1. The lowest BCUT2D eigenvalue weighted by Gasteiger charge is -2.34. The van der Waals surface area contributed by atoms with Gasteiger partial charge in [-0.15, -0.1) is 0 Å². The molecule has 0 radical (unpaired) electrons. The molecule has 28 heavy (non-hydrogen) atoms. The normalized spacial score (nSPS) is 15.2. The van der Waals surface area contributed by atoms with Gasteiger partial charge in [0.15, 0.2) is 0 Å². The van der Waals surface area contributed by atoms with Crippen molar-refractivity contribution in [3.63, 3.8) is 0 Å². The van der Waals surface area contributed by atoms with E-state index in [0.717, 1.165) is 45.0 Å². The molecule has 0 atom stereocenters. The molecule has 1 heterocycles. The molecular formula is C22H28N2O4. The van der Waals surface area contributed by atoms with Gasteiger partial charge in [0, 0.05) is 39.3 Å². The molecule has 2 aromatic carbocycles. The highest BCUT2D eigenvalue weighted by Crippen LogP contribution is 2.15. The Bertz CT molecular complexity index is 755. The molecule has 6 nitrogen and oxygen atoms in total. The fourth-order valence-corrected chi connectivity index (χ4v) is 3.28. The molecule has 0 unspecified atom stereocenters. The Labute approximate surface area is 166 Å². The van der Waals surface area contributed by atoms with Crippen LogP contribution in [0, 0.1) is 0 Å². The maximum atomic E-state index is 11.6. The van der Waals surface area contributed by atoms with Crippen molar-refractivity contribution in [1.82, 2.24) is 9.80 Å². The van der Waals surface area contributed by atoms with Crippen LogP contribution in [0.5, 0.6) is 11.5 Å². The molecule has 0 amide bonds. The summed E-state index contributed by atoms with van der Waals surface area (Å²) in [6.07, 6.45) is 0. The van der Waals surface area contributed by atoms with Crippen molar-refractivity contribution in [2.45, 2.75) is 6.54 Å². The summed E-state index contributed by atoms with van der Waals surface area (Å²) in [4.78, 5) is 16.5. The third-order valence-corrected chi connectivity index (χ3v) is 4.96. The molecule has 3 rings (SSSR count). The first-order valence-electron chi connectivity index (χ1n) is 9.57. The van der Waals surface area contributed by atoms with Gasteiger partial charge in [-0.3, -0.25) is 9.80 Å². The van der Waals surface area contributed by atoms with Crippen LogP contribution in [0.4, 0.5) is 0 Å². The molecule has 0 spiro atoms. The van der Waals surface area contributed by atoms with Gasteiger partial charge < -0.3 is 14.2 Å². The lowest BCUT2D eigenvalue weighted by molar-refractivity contribution is 0.0600. The van der Waals surface area contributed by atoms with E-state index < -0.39 is 0 Å². The summed E-state index contributed by atoms with van der Waals surface area (Å²) in [6, 6.07) is 15.4. The van der Waals surface area contributed by atoms with Crippen molar-refractivity contribution in [2.75, 3.05) is 53.6 Å². The maximum absolute atomic E-state index is 11.6. The largest absolute Gasteiger partial charge is 0.497 e. The van der Waals surface area contributed by atoms with E-state index >= 15 is 0 Å². The predicted octanol–water partition coefficient (Wildman–Crippen LogP) is 2.68. The van der Waals surface area contributed by atoms with Crippen molar-refractivity contribution < 1.29 is 19.0 Å². The van der Waals surface area contributed by atoms with Gasteiger partial charge >= 0.3 is 5.97 Å². The van der Waals surface area contributed by atoms with Crippen LogP contribution in [-0.4, -0.2) is 69.3 Å². The van der Waals surface area contributed by atoms with Gasteiger partial charge in [0.05, 0.1) is 19.8 Å². The van der Waals surface area contributed by atoms with Crippen LogP contribution < -0.4 is 9.47 Å². The number of ether oxygens (including phenoxy) is 3. The number of piperazine rings is 1. The molecule has 1 aliphatic heterocycles. The Balaban J connectivity index is 1.38. The van der Waals surface area contributed by atoms with E-state index in [1.807, 2.05) is 18.2 Å². The quantitative estimate of drug-likeness (QED) is 0.653. The minimum Gasteiger partial charge on any atom is -0.497 e. The lowest BCUT2D eigenvalue weighted by Crippen LogP contribution is -2.47. The Morgan fingerprint density at radius 3 is 2.32 bits per heavy atom.